The Hall–Kier alpha value is -1.40. The van der Waals surface area contributed by atoms with Gasteiger partial charge in [-0.2, -0.15) is 0 Å². The van der Waals surface area contributed by atoms with Gasteiger partial charge in [0, 0.05) is 23.9 Å². The highest BCUT2D eigenvalue weighted by Gasteiger charge is 2.28. The number of aliphatic hydroxyl groups is 3. The van der Waals surface area contributed by atoms with Gasteiger partial charge in [-0.3, -0.25) is 0 Å². The molecule has 1 aromatic heterocycles. The zero-order valence-corrected chi connectivity index (χ0v) is 11.6. The van der Waals surface area contributed by atoms with Crippen LogP contribution in [-0.4, -0.2) is 40.7 Å². The van der Waals surface area contributed by atoms with Gasteiger partial charge in [0.15, 0.2) is 0 Å². The topological polar surface area (TPSA) is 85.9 Å². The molecule has 1 heterocycles. The summed E-state index contributed by atoms with van der Waals surface area (Å²) >= 11 is 0. The predicted molar refractivity (Wildman–Crippen MR) is 76.4 cm³/mol. The second-order valence-electron chi connectivity index (χ2n) is 4.96. The molecule has 0 aliphatic rings. The molecule has 0 saturated heterocycles. The number of hydrogen-bond donors (Lipinski definition) is 4. The third-order valence-corrected chi connectivity index (χ3v) is 3.65. The van der Waals surface area contributed by atoms with E-state index in [1.165, 1.54) is 0 Å². The van der Waals surface area contributed by atoms with Crippen LogP contribution < -0.4 is 5.32 Å². The summed E-state index contributed by atoms with van der Waals surface area (Å²) in [6, 6.07) is 7.75. The van der Waals surface area contributed by atoms with Crippen molar-refractivity contribution >= 4 is 11.0 Å². The largest absolute Gasteiger partial charge is 0.461 e. The molecule has 0 aliphatic carbocycles. The Kier molecular flexibility index (Phi) is 4.77. The van der Waals surface area contributed by atoms with Crippen LogP contribution >= 0.6 is 0 Å². The number of hydrogen-bond acceptors (Lipinski definition) is 5. The third kappa shape index (κ3) is 2.71. The fourth-order valence-corrected chi connectivity index (χ4v) is 2.22. The lowest BCUT2D eigenvalue weighted by atomic mass is 10.0. The smallest absolute Gasteiger partial charge is 0.134 e. The zero-order chi connectivity index (χ0) is 14.6. The molecule has 0 atom stereocenters. The first-order valence-electron chi connectivity index (χ1n) is 6.76. The van der Waals surface area contributed by atoms with E-state index in [4.69, 9.17) is 4.42 Å². The summed E-state index contributed by atoms with van der Waals surface area (Å²) in [4.78, 5) is 0. The lowest BCUT2D eigenvalue weighted by molar-refractivity contribution is 0.0413. The van der Waals surface area contributed by atoms with Crippen LogP contribution in [0.2, 0.25) is 0 Å². The SMILES string of the molecule is CCc1oc2ccccc2c1CNC(CO)(CO)CO. The summed E-state index contributed by atoms with van der Waals surface area (Å²) in [5.41, 5.74) is 0.746. The molecule has 2 aromatic rings. The van der Waals surface area contributed by atoms with Crippen LogP contribution in [0.5, 0.6) is 0 Å². The maximum atomic E-state index is 9.34. The number of fused-ring (bicyclic) bond motifs is 1. The molecule has 2 rings (SSSR count). The zero-order valence-electron chi connectivity index (χ0n) is 11.6. The third-order valence-electron chi connectivity index (χ3n) is 3.65. The van der Waals surface area contributed by atoms with Gasteiger partial charge in [0.1, 0.15) is 11.3 Å². The van der Waals surface area contributed by atoms with Crippen LogP contribution in [0, 0.1) is 0 Å². The van der Waals surface area contributed by atoms with Crippen molar-refractivity contribution in [2.45, 2.75) is 25.4 Å². The standard InChI is InChI=1S/C15H21NO4/c1-2-13-12(7-16-15(8-17,9-18)10-19)11-5-3-4-6-14(11)20-13/h3-6,16-19H,2,7-10H2,1H3. The van der Waals surface area contributed by atoms with Crippen LogP contribution in [0.4, 0.5) is 0 Å². The van der Waals surface area contributed by atoms with E-state index in [1.807, 2.05) is 31.2 Å². The molecule has 5 heteroatoms. The van der Waals surface area contributed by atoms with Crippen LogP contribution in [0.15, 0.2) is 28.7 Å². The van der Waals surface area contributed by atoms with Crippen molar-refractivity contribution < 1.29 is 19.7 Å². The van der Waals surface area contributed by atoms with Gasteiger partial charge < -0.3 is 25.1 Å². The maximum absolute atomic E-state index is 9.34. The molecule has 0 saturated carbocycles. The number of aryl methyl sites for hydroxylation is 1. The first kappa shape index (κ1) is 15.0. The molecule has 0 spiro atoms. The highest BCUT2D eigenvalue weighted by Crippen LogP contribution is 2.26. The maximum Gasteiger partial charge on any atom is 0.134 e. The van der Waals surface area contributed by atoms with Crippen LogP contribution in [0.3, 0.4) is 0 Å². The van der Waals surface area contributed by atoms with E-state index in [-0.39, 0.29) is 19.8 Å². The van der Waals surface area contributed by atoms with Crippen molar-refractivity contribution in [1.82, 2.24) is 5.32 Å². The first-order valence-corrected chi connectivity index (χ1v) is 6.76. The number of aliphatic hydroxyl groups excluding tert-OH is 3. The van der Waals surface area contributed by atoms with E-state index in [1.54, 1.807) is 0 Å². The molecule has 0 bridgehead atoms. The minimum absolute atomic E-state index is 0.336. The minimum Gasteiger partial charge on any atom is -0.461 e. The van der Waals surface area contributed by atoms with Gasteiger partial charge >= 0.3 is 0 Å². The van der Waals surface area contributed by atoms with Gasteiger partial charge in [-0.05, 0) is 6.07 Å². The highest BCUT2D eigenvalue weighted by atomic mass is 16.3. The highest BCUT2D eigenvalue weighted by molar-refractivity contribution is 5.82. The fourth-order valence-electron chi connectivity index (χ4n) is 2.22. The number of furan rings is 1. The van der Waals surface area contributed by atoms with Gasteiger partial charge in [-0.1, -0.05) is 25.1 Å². The molecule has 4 N–H and O–H groups in total. The van der Waals surface area contributed by atoms with E-state index in [0.29, 0.717) is 6.54 Å². The van der Waals surface area contributed by atoms with E-state index in [0.717, 1.165) is 28.7 Å². The summed E-state index contributed by atoms with van der Waals surface area (Å²) in [5, 5.41) is 32.1. The van der Waals surface area contributed by atoms with Gasteiger partial charge in [-0.15, -0.1) is 0 Å². The quantitative estimate of drug-likeness (QED) is 0.602. The summed E-state index contributed by atoms with van der Waals surface area (Å²) in [6.45, 7) is 1.42. The van der Waals surface area contributed by atoms with E-state index >= 15 is 0 Å². The van der Waals surface area contributed by atoms with Crippen LogP contribution in [-0.2, 0) is 13.0 Å². The molecule has 0 unspecified atom stereocenters. The van der Waals surface area contributed by atoms with Crippen molar-refractivity contribution in [3.8, 4) is 0 Å². The van der Waals surface area contributed by atoms with E-state index in [2.05, 4.69) is 5.32 Å². The summed E-state index contributed by atoms with van der Waals surface area (Å²) in [7, 11) is 0. The van der Waals surface area contributed by atoms with Crippen LogP contribution in [0.25, 0.3) is 11.0 Å². The van der Waals surface area contributed by atoms with E-state index < -0.39 is 5.54 Å². The predicted octanol–water partition coefficient (Wildman–Crippen LogP) is 0.800. The molecular weight excluding hydrogens is 258 g/mol. The molecule has 0 fully saturated rings. The second-order valence-corrected chi connectivity index (χ2v) is 4.96. The Morgan fingerprint density at radius 3 is 2.35 bits per heavy atom. The number of nitrogens with one attached hydrogen (secondary N) is 1. The molecule has 20 heavy (non-hydrogen) atoms. The molecule has 1 aromatic carbocycles. The van der Waals surface area contributed by atoms with Gasteiger partial charge in [0.2, 0.25) is 0 Å². The van der Waals surface area contributed by atoms with Crippen molar-refractivity contribution in [1.29, 1.82) is 0 Å². The number of benzene rings is 1. The van der Waals surface area contributed by atoms with Crippen LogP contribution in [0.1, 0.15) is 18.2 Å². The Morgan fingerprint density at radius 1 is 1.10 bits per heavy atom. The second kappa shape index (κ2) is 6.37. The van der Waals surface area contributed by atoms with Crippen molar-refractivity contribution in [2.75, 3.05) is 19.8 Å². The summed E-state index contributed by atoms with van der Waals surface area (Å²) < 4.78 is 5.79. The Balaban J connectivity index is 2.29. The monoisotopic (exact) mass is 279 g/mol. The molecule has 0 amide bonds. The van der Waals surface area contributed by atoms with Crippen molar-refractivity contribution in [3.63, 3.8) is 0 Å². The Morgan fingerprint density at radius 2 is 1.75 bits per heavy atom. The Bertz CT molecular complexity index is 552. The van der Waals surface area contributed by atoms with Gasteiger partial charge in [-0.25, -0.2) is 0 Å². The van der Waals surface area contributed by atoms with Crippen molar-refractivity contribution in [2.24, 2.45) is 0 Å². The first-order chi connectivity index (χ1) is 9.69. The lowest BCUT2D eigenvalue weighted by Gasteiger charge is -2.28. The molecule has 0 aliphatic heterocycles. The molecule has 0 radical (unpaired) electrons. The fraction of sp³-hybridized carbons (Fsp3) is 0.467. The summed E-state index contributed by atoms with van der Waals surface area (Å²) in [6.07, 6.45) is 0.760. The molecular formula is C15H21NO4. The average molecular weight is 279 g/mol. The van der Waals surface area contributed by atoms with Gasteiger partial charge in [0.05, 0.1) is 25.4 Å². The van der Waals surface area contributed by atoms with E-state index in [9.17, 15) is 15.3 Å². The minimum atomic E-state index is -1.08. The number of para-hydroxylation sites is 1. The van der Waals surface area contributed by atoms with Gasteiger partial charge in [0.25, 0.3) is 0 Å². The summed E-state index contributed by atoms with van der Waals surface area (Å²) in [5.74, 6) is 0.876. The lowest BCUT2D eigenvalue weighted by Crippen LogP contribution is -2.54. The normalized spacial score (nSPS) is 12.2. The molecule has 110 valence electrons. The van der Waals surface area contributed by atoms with Crippen molar-refractivity contribution in [3.05, 3.63) is 35.6 Å². The Labute approximate surface area is 117 Å². The average Bonchev–Trinajstić information content (AvgIpc) is 2.87. The molecule has 5 nitrogen and oxygen atoms in total. The number of rotatable bonds is 7.